The SMILES string of the molecule is CCCC(C)C(NN)c1cc(F)ccc1N. The molecule has 16 heavy (non-hydrogen) atoms. The van der Waals surface area contributed by atoms with Crippen molar-refractivity contribution in [2.75, 3.05) is 5.73 Å². The summed E-state index contributed by atoms with van der Waals surface area (Å²) in [6, 6.07) is 4.28. The minimum atomic E-state index is -0.284. The molecule has 0 spiro atoms. The van der Waals surface area contributed by atoms with E-state index in [2.05, 4.69) is 19.3 Å². The van der Waals surface area contributed by atoms with Crippen LogP contribution < -0.4 is 17.0 Å². The summed E-state index contributed by atoms with van der Waals surface area (Å²) in [5.41, 5.74) is 9.88. The van der Waals surface area contributed by atoms with Crippen LogP contribution >= 0.6 is 0 Å². The van der Waals surface area contributed by atoms with Crippen LogP contribution in [0, 0.1) is 11.7 Å². The Labute approximate surface area is 96.0 Å². The maximum atomic E-state index is 13.2. The first-order chi connectivity index (χ1) is 7.60. The number of nitrogens with two attached hydrogens (primary N) is 2. The van der Waals surface area contributed by atoms with Crippen LogP contribution in [0.15, 0.2) is 18.2 Å². The van der Waals surface area contributed by atoms with Crippen LogP contribution in [0.25, 0.3) is 0 Å². The van der Waals surface area contributed by atoms with E-state index < -0.39 is 0 Å². The van der Waals surface area contributed by atoms with Gasteiger partial charge in [0.1, 0.15) is 5.82 Å². The lowest BCUT2D eigenvalue weighted by atomic mass is 9.90. The second-order valence-corrected chi connectivity index (χ2v) is 4.18. The van der Waals surface area contributed by atoms with Gasteiger partial charge in [-0.15, -0.1) is 0 Å². The lowest BCUT2D eigenvalue weighted by Crippen LogP contribution is -2.33. The first-order valence-electron chi connectivity index (χ1n) is 5.61. The summed E-state index contributed by atoms with van der Waals surface area (Å²) >= 11 is 0. The van der Waals surface area contributed by atoms with Crippen molar-refractivity contribution in [2.24, 2.45) is 11.8 Å². The van der Waals surface area contributed by atoms with Crippen LogP contribution in [0.3, 0.4) is 0 Å². The summed E-state index contributed by atoms with van der Waals surface area (Å²) in [6.45, 7) is 4.19. The van der Waals surface area contributed by atoms with Gasteiger partial charge in [-0.1, -0.05) is 20.3 Å². The largest absolute Gasteiger partial charge is 0.398 e. The molecule has 0 aliphatic rings. The molecule has 1 rings (SSSR count). The molecule has 0 saturated heterocycles. The molecule has 0 amide bonds. The van der Waals surface area contributed by atoms with Crippen LogP contribution in [0.5, 0.6) is 0 Å². The Balaban J connectivity index is 2.98. The van der Waals surface area contributed by atoms with Crippen LogP contribution in [0.2, 0.25) is 0 Å². The number of hydrogen-bond donors (Lipinski definition) is 3. The highest BCUT2D eigenvalue weighted by Gasteiger charge is 2.19. The molecular weight excluding hydrogens is 205 g/mol. The van der Waals surface area contributed by atoms with Gasteiger partial charge in [0.25, 0.3) is 0 Å². The van der Waals surface area contributed by atoms with E-state index in [4.69, 9.17) is 11.6 Å². The maximum Gasteiger partial charge on any atom is 0.123 e. The number of nitrogens with one attached hydrogen (secondary N) is 1. The van der Waals surface area contributed by atoms with E-state index in [1.54, 1.807) is 6.07 Å². The van der Waals surface area contributed by atoms with E-state index in [1.165, 1.54) is 12.1 Å². The second kappa shape index (κ2) is 5.82. The first kappa shape index (κ1) is 12.9. The molecule has 4 heteroatoms. The average Bonchev–Trinajstić information content (AvgIpc) is 2.24. The van der Waals surface area contributed by atoms with Gasteiger partial charge in [-0.2, -0.15) is 0 Å². The lowest BCUT2D eigenvalue weighted by molar-refractivity contribution is 0.368. The highest BCUT2D eigenvalue weighted by molar-refractivity contribution is 5.48. The second-order valence-electron chi connectivity index (χ2n) is 4.18. The number of hydrogen-bond acceptors (Lipinski definition) is 3. The van der Waals surface area contributed by atoms with Gasteiger partial charge in [0, 0.05) is 5.69 Å². The maximum absolute atomic E-state index is 13.2. The predicted octanol–water partition coefficient (Wildman–Crippen LogP) is 2.35. The van der Waals surface area contributed by atoms with Gasteiger partial charge in [-0.25, -0.2) is 4.39 Å². The Hall–Kier alpha value is -1.13. The number of rotatable bonds is 5. The van der Waals surface area contributed by atoms with Gasteiger partial charge in [-0.05, 0) is 36.1 Å². The summed E-state index contributed by atoms with van der Waals surface area (Å²) in [5.74, 6) is 5.56. The molecule has 0 saturated carbocycles. The molecule has 1 aromatic rings. The molecule has 2 atom stereocenters. The highest BCUT2D eigenvalue weighted by atomic mass is 19.1. The number of benzene rings is 1. The smallest absolute Gasteiger partial charge is 0.123 e. The highest BCUT2D eigenvalue weighted by Crippen LogP contribution is 2.29. The minimum absolute atomic E-state index is 0.101. The van der Waals surface area contributed by atoms with E-state index in [-0.39, 0.29) is 11.9 Å². The molecular formula is C12H20FN3. The summed E-state index contributed by atoms with van der Waals surface area (Å²) < 4.78 is 13.2. The fourth-order valence-electron chi connectivity index (χ4n) is 2.00. The van der Waals surface area contributed by atoms with Crippen LogP contribution in [-0.2, 0) is 0 Å². The van der Waals surface area contributed by atoms with E-state index in [1.807, 2.05) is 0 Å². The standard InChI is InChI=1S/C12H20FN3/c1-3-4-8(2)12(16-15)10-7-9(13)5-6-11(10)14/h5-8,12,16H,3-4,14-15H2,1-2H3. The summed E-state index contributed by atoms with van der Waals surface area (Å²) in [7, 11) is 0. The molecule has 3 nitrogen and oxygen atoms in total. The van der Waals surface area contributed by atoms with Crippen molar-refractivity contribution in [3.05, 3.63) is 29.6 Å². The monoisotopic (exact) mass is 225 g/mol. The quantitative estimate of drug-likeness (QED) is 0.409. The van der Waals surface area contributed by atoms with Crippen molar-refractivity contribution >= 4 is 5.69 Å². The third-order valence-corrected chi connectivity index (χ3v) is 2.88. The number of halogens is 1. The van der Waals surface area contributed by atoms with Crippen molar-refractivity contribution in [2.45, 2.75) is 32.7 Å². The van der Waals surface area contributed by atoms with E-state index in [0.717, 1.165) is 18.4 Å². The zero-order valence-corrected chi connectivity index (χ0v) is 9.83. The molecule has 0 fully saturated rings. The van der Waals surface area contributed by atoms with Crippen LogP contribution in [0.4, 0.5) is 10.1 Å². The van der Waals surface area contributed by atoms with Crippen LogP contribution in [0.1, 0.15) is 38.3 Å². The molecule has 0 bridgehead atoms. The lowest BCUT2D eigenvalue weighted by Gasteiger charge is -2.24. The van der Waals surface area contributed by atoms with Crippen molar-refractivity contribution in [3.8, 4) is 0 Å². The minimum Gasteiger partial charge on any atom is -0.398 e. The third-order valence-electron chi connectivity index (χ3n) is 2.88. The van der Waals surface area contributed by atoms with Gasteiger partial charge in [0.2, 0.25) is 0 Å². The Morgan fingerprint density at radius 3 is 2.69 bits per heavy atom. The van der Waals surface area contributed by atoms with Gasteiger partial charge >= 0.3 is 0 Å². The van der Waals surface area contributed by atoms with Gasteiger partial charge in [-0.3, -0.25) is 11.3 Å². The summed E-state index contributed by atoms with van der Waals surface area (Å²) in [6.07, 6.45) is 2.08. The van der Waals surface area contributed by atoms with E-state index in [0.29, 0.717) is 11.6 Å². The summed E-state index contributed by atoms with van der Waals surface area (Å²) in [4.78, 5) is 0. The van der Waals surface area contributed by atoms with Crippen molar-refractivity contribution < 1.29 is 4.39 Å². The predicted molar refractivity (Wildman–Crippen MR) is 64.9 cm³/mol. The van der Waals surface area contributed by atoms with Crippen LogP contribution in [-0.4, -0.2) is 0 Å². The third kappa shape index (κ3) is 2.93. The van der Waals surface area contributed by atoms with E-state index >= 15 is 0 Å². The average molecular weight is 225 g/mol. The molecule has 90 valence electrons. The summed E-state index contributed by atoms with van der Waals surface area (Å²) in [5, 5.41) is 0. The Morgan fingerprint density at radius 1 is 1.44 bits per heavy atom. The van der Waals surface area contributed by atoms with Crippen molar-refractivity contribution in [3.63, 3.8) is 0 Å². The molecule has 0 radical (unpaired) electrons. The molecule has 0 aliphatic carbocycles. The zero-order valence-electron chi connectivity index (χ0n) is 9.83. The topological polar surface area (TPSA) is 64.1 Å². The van der Waals surface area contributed by atoms with Gasteiger partial charge in [0.05, 0.1) is 6.04 Å². The first-order valence-corrected chi connectivity index (χ1v) is 5.61. The van der Waals surface area contributed by atoms with Crippen molar-refractivity contribution in [1.29, 1.82) is 0 Å². The molecule has 2 unspecified atom stereocenters. The van der Waals surface area contributed by atoms with E-state index in [9.17, 15) is 4.39 Å². The fraction of sp³-hybridized carbons (Fsp3) is 0.500. The number of hydrazine groups is 1. The number of anilines is 1. The Bertz CT molecular complexity index is 341. The molecule has 0 aromatic heterocycles. The molecule has 5 N–H and O–H groups in total. The molecule has 0 heterocycles. The van der Waals surface area contributed by atoms with Crippen molar-refractivity contribution in [1.82, 2.24) is 5.43 Å². The molecule has 1 aromatic carbocycles. The van der Waals surface area contributed by atoms with Gasteiger partial charge < -0.3 is 5.73 Å². The Morgan fingerprint density at radius 2 is 2.12 bits per heavy atom. The normalized spacial score (nSPS) is 14.8. The zero-order chi connectivity index (χ0) is 12.1. The fourth-order valence-corrected chi connectivity index (χ4v) is 2.00. The van der Waals surface area contributed by atoms with Gasteiger partial charge in [0.15, 0.2) is 0 Å². The Kier molecular flexibility index (Phi) is 4.71. The number of nitrogen functional groups attached to an aromatic ring is 1. The molecule has 0 aliphatic heterocycles.